The van der Waals surface area contributed by atoms with Gasteiger partial charge in [-0.2, -0.15) is 0 Å². The summed E-state index contributed by atoms with van der Waals surface area (Å²) in [4.78, 5) is 1.13. The molecule has 0 aliphatic carbocycles. The first kappa shape index (κ1) is 12.2. The lowest BCUT2D eigenvalue weighted by Crippen LogP contribution is -2.01. The summed E-state index contributed by atoms with van der Waals surface area (Å²) in [5.41, 5.74) is 3.10. The summed E-state index contributed by atoms with van der Waals surface area (Å²) >= 11 is 1.66. The number of hydrogen-bond acceptors (Lipinski definition) is 2. The molecule has 1 unspecified atom stereocenters. The van der Waals surface area contributed by atoms with Crippen molar-refractivity contribution in [3.05, 3.63) is 65.2 Å². The molecule has 0 radical (unpaired) electrons. The Morgan fingerprint density at radius 3 is 2.53 bits per heavy atom. The van der Waals surface area contributed by atoms with E-state index in [9.17, 15) is 5.11 Å². The Morgan fingerprint density at radius 1 is 1.06 bits per heavy atom. The van der Waals surface area contributed by atoms with Crippen LogP contribution < -0.4 is 0 Å². The molecule has 0 fully saturated rings. The van der Waals surface area contributed by atoms with Gasteiger partial charge in [0.1, 0.15) is 6.10 Å². The monoisotopic (exact) mass is 244 g/mol. The molecular weight excluding hydrogens is 228 g/mol. The summed E-state index contributed by atoms with van der Waals surface area (Å²) in [6.45, 7) is 2.04. The molecule has 0 saturated heterocycles. The highest BCUT2D eigenvalue weighted by atomic mass is 32.2. The molecule has 2 aromatic carbocycles. The highest BCUT2D eigenvalue weighted by Gasteiger charge is 2.13. The van der Waals surface area contributed by atoms with Gasteiger partial charge >= 0.3 is 0 Å². The number of benzene rings is 2. The van der Waals surface area contributed by atoms with Crippen LogP contribution in [0.5, 0.6) is 0 Å². The number of aliphatic hydroxyl groups is 1. The largest absolute Gasteiger partial charge is 0.384 e. The van der Waals surface area contributed by atoms with Crippen molar-refractivity contribution < 1.29 is 5.11 Å². The van der Waals surface area contributed by atoms with Gasteiger partial charge in [-0.3, -0.25) is 0 Å². The van der Waals surface area contributed by atoms with Gasteiger partial charge < -0.3 is 5.11 Å². The van der Waals surface area contributed by atoms with Crippen LogP contribution in [0.2, 0.25) is 0 Å². The molecule has 0 amide bonds. The van der Waals surface area contributed by atoms with E-state index in [1.807, 2.05) is 61.7 Å². The second-order valence-corrected chi connectivity index (χ2v) is 4.91. The Kier molecular flexibility index (Phi) is 3.87. The zero-order valence-corrected chi connectivity index (χ0v) is 10.9. The van der Waals surface area contributed by atoms with Crippen molar-refractivity contribution in [2.45, 2.75) is 17.9 Å². The Bertz CT molecular complexity index is 508. The highest BCUT2D eigenvalue weighted by molar-refractivity contribution is 7.98. The molecule has 2 heteroatoms. The third kappa shape index (κ3) is 2.71. The third-order valence-corrected chi connectivity index (χ3v) is 3.60. The minimum absolute atomic E-state index is 0.543. The van der Waals surface area contributed by atoms with Crippen LogP contribution in [0.25, 0.3) is 0 Å². The molecule has 0 bridgehead atoms. The molecule has 0 saturated carbocycles. The van der Waals surface area contributed by atoms with E-state index in [4.69, 9.17) is 0 Å². The van der Waals surface area contributed by atoms with E-state index in [1.54, 1.807) is 11.8 Å². The van der Waals surface area contributed by atoms with Crippen LogP contribution in [0, 0.1) is 6.92 Å². The lowest BCUT2D eigenvalue weighted by atomic mass is 10.00. The average molecular weight is 244 g/mol. The molecule has 2 rings (SSSR count). The fraction of sp³-hybridized carbons (Fsp3) is 0.200. The van der Waals surface area contributed by atoms with Crippen molar-refractivity contribution in [3.8, 4) is 0 Å². The van der Waals surface area contributed by atoms with Gasteiger partial charge in [0.05, 0.1) is 0 Å². The summed E-state index contributed by atoms with van der Waals surface area (Å²) in [7, 11) is 0. The van der Waals surface area contributed by atoms with Crippen molar-refractivity contribution >= 4 is 11.8 Å². The van der Waals surface area contributed by atoms with E-state index in [2.05, 4.69) is 0 Å². The van der Waals surface area contributed by atoms with Crippen molar-refractivity contribution in [2.75, 3.05) is 6.26 Å². The molecule has 0 aliphatic heterocycles. The van der Waals surface area contributed by atoms with Gasteiger partial charge in [0.2, 0.25) is 0 Å². The molecule has 1 nitrogen and oxygen atoms in total. The van der Waals surface area contributed by atoms with E-state index in [-0.39, 0.29) is 0 Å². The van der Waals surface area contributed by atoms with E-state index < -0.39 is 6.10 Å². The Labute approximate surface area is 107 Å². The number of hydrogen-bond donors (Lipinski definition) is 1. The van der Waals surface area contributed by atoms with Gasteiger partial charge in [0, 0.05) is 4.90 Å². The smallest absolute Gasteiger partial charge is 0.105 e. The molecule has 0 aromatic heterocycles. The Hall–Kier alpha value is -1.25. The van der Waals surface area contributed by atoms with Crippen LogP contribution >= 0.6 is 11.8 Å². The summed E-state index contributed by atoms with van der Waals surface area (Å²) < 4.78 is 0. The third-order valence-electron chi connectivity index (χ3n) is 2.79. The molecule has 0 spiro atoms. The summed E-state index contributed by atoms with van der Waals surface area (Å²) in [5.74, 6) is 0. The van der Waals surface area contributed by atoms with Gasteiger partial charge in [-0.05, 0) is 30.4 Å². The zero-order valence-electron chi connectivity index (χ0n) is 10.1. The maximum Gasteiger partial charge on any atom is 0.105 e. The first-order chi connectivity index (χ1) is 8.22. The molecule has 0 aliphatic rings. The van der Waals surface area contributed by atoms with Gasteiger partial charge in [-0.15, -0.1) is 11.8 Å². The molecule has 0 heterocycles. The number of aryl methyl sites for hydroxylation is 1. The van der Waals surface area contributed by atoms with Crippen LogP contribution in [-0.2, 0) is 0 Å². The molecule has 17 heavy (non-hydrogen) atoms. The van der Waals surface area contributed by atoms with E-state index in [0.29, 0.717) is 0 Å². The first-order valence-electron chi connectivity index (χ1n) is 5.60. The normalized spacial score (nSPS) is 12.4. The fourth-order valence-electron chi connectivity index (χ4n) is 1.91. The van der Waals surface area contributed by atoms with Crippen molar-refractivity contribution in [2.24, 2.45) is 0 Å². The summed E-state index contributed by atoms with van der Waals surface area (Å²) in [6, 6.07) is 16.0. The van der Waals surface area contributed by atoms with Crippen LogP contribution in [0.4, 0.5) is 0 Å². The standard InChI is InChI=1S/C15H16OS/c1-11-6-5-7-12(10-11)15(16)13-8-3-4-9-14(13)17-2/h3-10,15-16H,1-2H3. The van der Waals surface area contributed by atoms with Gasteiger partial charge in [0.15, 0.2) is 0 Å². The van der Waals surface area contributed by atoms with Gasteiger partial charge in [-0.1, -0.05) is 48.0 Å². The maximum atomic E-state index is 10.4. The number of aliphatic hydroxyl groups excluding tert-OH is 1. The van der Waals surface area contributed by atoms with E-state index in [0.717, 1.165) is 16.0 Å². The summed E-state index contributed by atoms with van der Waals surface area (Å²) in [5, 5.41) is 10.4. The average Bonchev–Trinajstić information content (AvgIpc) is 2.38. The van der Waals surface area contributed by atoms with Crippen LogP contribution in [0.15, 0.2) is 53.4 Å². The number of thioether (sulfide) groups is 1. The first-order valence-corrected chi connectivity index (χ1v) is 6.82. The molecule has 1 N–H and O–H groups in total. The predicted octanol–water partition coefficient (Wildman–Crippen LogP) is 3.80. The molecular formula is C15H16OS. The molecule has 2 aromatic rings. The zero-order chi connectivity index (χ0) is 12.3. The van der Waals surface area contributed by atoms with Gasteiger partial charge in [0.25, 0.3) is 0 Å². The minimum Gasteiger partial charge on any atom is -0.384 e. The summed E-state index contributed by atoms with van der Waals surface area (Å²) in [6.07, 6.45) is 1.49. The van der Waals surface area contributed by atoms with Crippen molar-refractivity contribution in [1.29, 1.82) is 0 Å². The SMILES string of the molecule is CSc1ccccc1C(O)c1cccc(C)c1. The minimum atomic E-state index is -0.543. The topological polar surface area (TPSA) is 20.2 Å². The van der Waals surface area contributed by atoms with Crippen LogP contribution in [0.1, 0.15) is 22.8 Å². The molecule has 88 valence electrons. The fourth-order valence-corrected chi connectivity index (χ4v) is 2.54. The van der Waals surface area contributed by atoms with Gasteiger partial charge in [-0.25, -0.2) is 0 Å². The van der Waals surface area contributed by atoms with Crippen molar-refractivity contribution in [1.82, 2.24) is 0 Å². The van der Waals surface area contributed by atoms with Crippen LogP contribution in [-0.4, -0.2) is 11.4 Å². The quantitative estimate of drug-likeness (QED) is 0.829. The highest BCUT2D eigenvalue weighted by Crippen LogP contribution is 2.30. The lowest BCUT2D eigenvalue weighted by molar-refractivity contribution is 0.217. The maximum absolute atomic E-state index is 10.4. The number of rotatable bonds is 3. The Morgan fingerprint density at radius 2 is 1.82 bits per heavy atom. The van der Waals surface area contributed by atoms with Crippen molar-refractivity contribution in [3.63, 3.8) is 0 Å². The Balaban J connectivity index is 2.40. The van der Waals surface area contributed by atoms with Crippen LogP contribution in [0.3, 0.4) is 0 Å². The van der Waals surface area contributed by atoms with E-state index >= 15 is 0 Å². The predicted molar refractivity (Wildman–Crippen MR) is 73.5 cm³/mol. The van der Waals surface area contributed by atoms with E-state index in [1.165, 1.54) is 5.56 Å². The lowest BCUT2D eigenvalue weighted by Gasteiger charge is -2.15. The second kappa shape index (κ2) is 5.39. The molecule has 1 atom stereocenters. The second-order valence-electron chi connectivity index (χ2n) is 4.06.